The Morgan fingerprint density at radius 2 is 1.60 bits per heavy atom. The number of hydrogen-bond donors (Lipinski definition) is 0. The number of nitrogens with zero attached hydrogens (tertiary/aromatic N) is 3. The van der Waals surface area contributed by atoms with E-state index in [1.807, 2.05) is 0 Å². The topological polar surface area (TPSA) is 129 Å². The summed E-state index contributed by atoms with van der Waals surface area (Å²) in [5.41, 5.74) is -1.53. The molecule has 0 radical (unpaired) electrons. The van der Waals surface area contributed by atoms with E-state index in [2.05, 4.69) is 0 Å². The smallest absolute Gasteiger partial charge is 0.264 e. The second-order valence-corrected chi connectivity index (χ2v) is 3.73. The summed E-state index contributed by atoms with van der Waals surface area (Å²) in [4.78, 5) is 28.6. The maximum absolute atomic E-state index is 10.5. The molecule has 0 aliphatic carbocycles. The van der Waals surface area contributed by atoms with Crippen molar-refractivity contribution in [3.05, 3.63) is 30.3 Å². The molecule has 0 saturated heterocycles. The Labute approximate surface area is 84.5 Å². The van der Waals surface area contributed by atoms with Gasteiger partial charge < -0.3 is 0 Å². The lowest BCUT2D eigenvalue weighted by atomic mass is 9.96. The van der Waals surface area contributed by atoms with Crippen molar-refractivity contribution in [2.75, 3.05) is 6.54 Å². The van der Waals surface area contributed by atoms with Gasteiger partial charge in [-0.25, -0.2) is 0 Å². The van der Waals surface area contributed by atoms with E-state index in [1.54, 1.807) is 0 Å². The molecular formula is C6H11N3O6. The summed E-state index contributed by atoms with van der Waals surface area (Å²) in [7, 11) is 0. The summed E-state index contributed by atoms with van der Waals surface area (Å²) in [6, 6.07) is -1.53. The Kier molecular flexibility index (Phi) is 4.07. The van der Waals surface area contributed by atoms with Crippen molar-refractivity contribution < 1.29 is 14.8 Å². The van der Waals surface area contributed by atoms with E-state index >= 15 is 0 Å². The van der Waals surface area contributed by atoms with Crippen molar-refractivity contribution in [1.29, 1.82) is 0 Å². The van der Waals surface area contributed by atoms with Gasteiger partial charge in [-0.1, -0.05) is 0 Å². The van der Waals surface area contributed by atoms with E-state index in [4.69, 9.17) is 0 Å². The molecule has 0 rings (SSSR count). The summed E-state index contributed by atoms with van der Waals surface area (Å²) in [6.07, 6.45) is -0.464. The molecule has 0 aromatic carbocycles. The van der Waals surface area contributed by atoms with Crippen molar-refractivity contribution in [3.63, 3.8) is 0 Å². The third kappa shape index (κ3) is 4.29. The van der Waals surface area contributed by atoms with Gasteiger partial charge in [-0.2, -0.15) is 0 Å². The van der Waals surface area contributed by atoms with Gasteiger partial charge in [-0.05, 0) is 0 Å². The number of hydrogen-bond acceptors (Lipinski definition) is 6. The Balaban J connectivity index is 4.61. The highest BCUT2D eigenvalue weighted by Gasteiger charge is 2.41. The maximum atomic E-state index is 10.5. The number of nitro groups is 3. The van der Waals surface area contributed by atoms with Crippen LogP contribution >= 0.6 is 0 Å². The van der Waals surface area contributed by atoms with E-state index < -0.39 is 39.3 Å². The fourth-order valence-electron chi connectivity index (χ4n) is 1.03. The molecule has 0 aliphatic heterocycles. The molecule has 9 heteroatoms. The van der Waals surface area contributed by atoms with Crippen LogP contribution in [0.25, 0.3) is 0 Å². The molecule has 1 unspecified atom stereocenters. The van der Waals surface area contributed by atoms with Gasteiger partial charge in [-0.3, -0.25) is 30.3 Å². The van der Waals surface area contributed by atoms with Gasteiger partial charge >= 0.3 is 0 Å². The van der Waals surface area contributed by atoms with Crippen LogP contribution in [0.15, 0.2) is 0 Å². The standard InChI is InChI=1S/C6H11N3O6/c1-6(2,9(14)15)3-5(8(12)13)4-7(10)11/h5H,3-4H2,1-2H3. The molecule has 0 aromatic rings. The van der Waals surface area contributed by atoms with Gasteiger partial charge in [0, 0.05) is 28.6 Å². The highest BCUT2D eigenvalue weighted by molar-refractivity contribution is 4.72. The summed E-state index contributed by atoms with van der Waals surface area (Å²) in [5, 5.41) is 31.0. The monoisotopic (exact) mass is 221 g/mol. The molecule has 15 heavy (non-hydrogen) atoms. The van der Waals surface area contributed by atoms with Crippen LogP contribution in [-0.4, -0.2) is 32.9 Å². The maximum Gasteiger partial charge on any atom is 0.283 e. The van der Waals surface area contributed by atoms with Crippen LogP contribution in [-0.2, 0) is 0 Å². The Morgan fingerprint density at radius 1 is 1.13 bits per heavy atom. The highest BCUT2D eigenvalue weighted by Crippen LogP contribution is 2.17. The van der Waals surface area contributed by atoms with Crippen LogP contribution in [0.4, 0.5) is 0 Å². The van der Waals surface area contributed by atoms with E-state index in [0.717, 1.165) is 0 Å². The number of rotatable bonds is 6. The zero-order valence-electron chi connectivity index (χ0n) is 8.28. The molecule has 0 saturated carbocycles. The molecule has 0 heterocycles. The van der Waals surface area contributed by atoms with Gasteiger partial charge in [0.25, 0.3) is 12.6 Å². The van der Waals surface area contributed by atoms with Crippen molar-refractivity contribution in [3.8, 4) is 0 Å². The molecule has 86 valence electrons. The van der Waals surface area contributed by atoms with Gasteiger partial charge in [0.2, 0.25) is 5.54 Å². The lowest BCUT2D eigenvalue weighted by Crippen LogP contribution is -2.40. The lowest BCUT2D eigenvalue weighted by Gasteiger charge is -2.15. The highest BCUT2D eigenvalue weighted by atomic mass is 16.6. The lowest BCUT2D eigenvalue weighted by molar-refractivity contribution is -0.613. The predicted octanol–water partition coefficient (Wildman–Crippen LogP) is 0.354. The summed E-state index contributed by atoms with van der Waals surface area (Å²) >= 11 is 0. The van der Waals surface area contributed by atoms with Gasteiger partial charge in [0.15, 0.2) is 0 Å². The van der Waals surface area contributed by atoms with Crippen molar-refractivity contribution >= 4 is 0 Å². The fourth-order valence-corrected chi connectivity index (χ4v) is 1.03. The first kappa shape index (κ1) is 13.2. The zero-order valence-corrected chi connectivity index (χ0v) is 8.28. The molecule has 0 bridgehead atoms. The Bertz CT molecular complexity index is 289. The zero-order chi connectivity index (χ0) is 12.2. The molecule has 0 fully saturated rings. The van der Waals surface area contributed by atoms with Crippen molar-refractivity contribution in [1.82, 2.24) is 0 Å². The first-order valence-electron chi connectivity index (χ1n) is 4.06. The molecule has 0 spiro atoms. The summed E-state index contributed by atoms with van der Waals surface area (Å²) in [5.74, 6) is 0. The first-order chi connectivity index (χ1) is 6.66. The van der Waals surface area contributed by atoms with Crippen LogP contribution in [0.1, 0.15) is 20.3 Å². The molecule has 9 nitrogen and oxygen atoms in total. The van der Waals surface area contributed by atoms with Crippen LogP contribution in [0.3, 0.4) is 0 Å². The molecule has 0 aliphatic rings. The second-order valence-electron chi connectivity index (χ2n) is 3.73. The summed E-state index contributed by atoms with van der Waals surface area (Å²) in [6.45, 7) is 1.50. The first-order valence-corrected chi connectivity index (χ1v) is 4.06. The predicted molar refractivity (Wildman–Crippen MR) is 48.3 cm³/mol. The second kappa shape index (κ2) is 4.62. The quantitative estimate of drug-likeness (QED) is 0.470. The van der Waals surface area contributed by atoms with Crippen molar-refractivity contribution in [2.24, 2.45) is 0 Å². The summed E-state index contributed by atoms with van der Waals surface area (Å²) < 4.78 is 0. The van der Waals surface area contributed by atoms with Gasteiger partial charge in [0.05, 0.1) is 6.42 Å². The third-order valence-electron chi connectivity index (χ3n) is 1.89. The van der Waals surface area contributed by atoms with E-state index in [0.29, 0.717) is 0 Å². The Hall–Kier alpha value is -1.80. The average molecular weight is 221 g/mol. The van der Waals surface area contributed by atoms with Crippen LogP contribution in [0, 0.1) is 30.3 Å². The Morgan fingerprint density at radius 3 is 1.87 bits per heavy atom. The minimum Gasteiger partial charge on any atom is -0.264 e. The third-order valence-corrected chi connectivity index (χ3v) is 1.89. The minimum absolute atomic E-state index is 0.464. The van der Waals surface area contributed by atoms with E-state index in [9.17, 15) is 30.3 Å². The van der Waals surface area contributed by atoms with Gasteiger partial charge in [0.1, 0.15) is 0 Å². The molecule has 1 atom stereocenters. The fraction of sp³-hybridized carbons (Fsp3) is 1.00. The molecule has 0 aromatic heterocycles. The van der Waals surface area contributed by atoms with E-state index in [1.165, 1.54) is 13.8 Å². The van der Waals surface area contributed by atoms with Crippen LogP contribution in [0.5, 0.6) is 0 Å². The molecular weight excluding hydrogens is 210 g/mol. The SMILES string of the molecule is CC(C)(CC(C[N+](=O)[O-])[N+](=O)[O-])[N+](=O)[O-]. The largest absolute Gasteiger partial charge is 0.283 e. The van der Waals surface area contributed by atoms with Crippen molar-refractivity contribution in [2.45, 2.75) is 31.8 Å². The minimum atomic E-state index is -1.53. The average Bonchev–Trinajstić information content (AvgIpc) is 2.01. The normalized spacial score (nSPS) is 13.2. The molecule has 0 N–H and O–H groups in total. The van der Waals surface area contributed by atoms with Gasteiger partial charge in [-0.15, -0.1) is 0 Å². The van der Waals surface area contributed by atoms with Crippen LogP contribution in [0.2, 0.25) is 0 Å². The van der Waals surface area contributed by atoms with Crippen LogP contribution < -0.4 is 0 Å². The molecule has 0 amide bonds. The van der Waals surface area contributed by atoms with E-state index in [-0.39, 0.29) is 0 Å².